The summed E-state index contributed by atoms with van der Waals surface area (Å²) in [4.78, 5) is 15.5. The first-order chi connectivity index (χ1) is 56.1. The molecule has 12 heterocycles. The van der Waals surface area contributed by atoms with Crippen molar-refractivity contribution >= 4 is 165 Å². The van der Waals surface area contributed by atoms with E-state index in [9.17, 15) is 38.4 Å². The molecule has 7 aliphatic rings. The van der Waals surface area contributed by atoms with E-state index in [1.807, 2.05) is 121 Å². The Morgan fingerprint density at radius 1 is 0.427 bits per heavy atom. The average molecular weight is 1730 g/mol. The van der Waals surface area contributed by atoms with Gasteiger partial charge in [0.2, 0.25) is 30.1 Å². The van der Waals surface area contributed by atoms with Crippen LogP contribution in [0.15, 0.2) is 147 Å². The lowest BCUT2D eigenvalue weighted by Crippen LogP contribution is -2.62. The molecule has 0 amide bonds. The van der Waals surface area contributed by atoms with E-state index in [-0.39, 0.29) is 30.7 Å². The molecular formula is C80H88Cl4F3N21O6S3. The van der Waals surface area contributed by atoms with Crippen LogP contribution in [0, 0.1) is 0 Å². The second-order valence-corrected chi connectivity index (χ2v) is 38.2. The topological polar surface area (TPSA) is 311 Å². The molecule has 6 N–H and O–H groups in total. The fourth-order valence-electron chi connectivity index (χ4n) is 18.0. The summed E-state index contributed by atoms with van der Waals surface area (Å²) in [6.45, 7) is 7.27. The molecule has 37 heteroatoms. The van der Waals surface area contributed by atoms with Gasteiger partial charge in [0.25, 0.3) is 0 Å². The van der Waals surface area contributed by atoms with Crippen LogP contribution in [0.4, 0.5) is 47.3 Å². The van der Waals surface area contributed by atoms with Crippen molar-refractivity contribution in [2.24, 2.45) is 0 Å². The molecule has 2 aliphatic carbocycles. The van der Waals surface area contributed by atoms with E-state index >= 15 is 0 Å². The van der Waals surface area contributed by atoms with Gasteiger partial charge in [-0.05, 0) is 159 Å². The number of benzene rings is 6. The van der Waals surface area contributed by atoms with Crippen LogP contribution in [0.5, 0.6) is 0 Å². The number of nitrogens with one attached hydrogen (secondary N) is 6. The molecule has 5 fully saturated rings. The van der Waals surface area contributed by atoms with Crippen molar-refractivity contribution in [2.45, 2.75) is 127 Å². The highest BCUT2D eigenvalue weighted by molar-refractivity contribution is 7.92. The van der Waals surface area contributed by atoms with Gasteiger partial charge in [-0.1, -0.05) is 78.2 Å². The van der Waals surface area contributed by atoms with Crippen LogP contribution in [0.3, 0.4) is 0 Å². The minimum absolute atomic E-state index is 0.0448. The number of nitrogens with zero attached hydrogens (tertiary/aromatic N) is 15. The smallest absolute Gasteiger partial charge is 0.371 e. The Hall–Kier alpha value is -9.45. The molecule has 117 heavy (non-hydrogen) atoms. The van der Waals surface area contributed by atoms with Gasteiger partial charge in [-0.25, -0.2) is 25.3 Å². The van der Waals surface area contributed by atoms with E-state index in [1.165, 1.54) is 51.5 Å². The standard InChI is InChI=1S/C17H17ClN4O2S.C17H21F3N4O2S.C16H21ClN4O2S.C15H16ClN5.C15H13ClN4/c1-25(23,24)21-14-3-2-12-10-22(5-4-11(12)6-14)17-8-13(18)7-16-15(17)9-19-20-16;1-27(25,26)24-7-6-23(14-4-2-3-5-15(14)24)16-9-11(17(18,19)20)8-13-12(16)10-21-22-13;1-24(22,23)21-7-6-20(14-4-2-3-5-15(14)21)16-9-11(17)8-13-12(16)10-18-19-13;16-11-8-14-13(10-17-19-14)15(9-11)20-6-2-12(3-7-20)21-5-1-4-18-21;16-12-5-14-13(8-18-19-14)15(6-12)20-4-2-10-7-17-3-1-11(10)9-20/h2-3,6-9,21H,4-5,10H2,1H3,(H,19,20);8-10,14-15H,2-7H2,1H3,(H,21,22);8-10,14-15H,2-7H2,1H3,(H,18,19);1,4-5,8-10,12H,2-3,6-7H2,(H,17,19);1,3,5-8H,2,4,9H2,(H,18,19). The predicted octanol–water partition coefficient (Wildman–Crippen LogP) is 15.2. The first-order valence-corrected chi connectivity index (χ1v) is 46.0. The summed E-state index contributed by atoms with van der Waals surface area (Å²) in [7, 11) is -9.80. The van der Waals surface area contributed by atoms with Crippen molar-refractivity contribution < 1.29 is 38.4 Å². The van der Waals surface area contributed by atoms with Crippen LogP contribution in [-0.4, -0.2) is 195 Å². The quantitative estimate of drug-likeness (QED) is 0.0741. The lowest BCUT2D eigenvalue weighted by atomic mass is 9.87. The first-order valence-electron chi connectivity index (χ1n) is 38.9. The zero-order chi connectivity index (χ0) is 81.7. The average Bonchev–Trinajstić information content (AvgIpc) is 1.64. The zero-order valence-electron chi connectivity index (χ0n) is 64.3. The fraction of sp³-hybridized carbons (Fsp3) is 0.388. The molecule has 13 aromatic rings. The number of rotatable bonds is 10. The molecule has 0 bridgehead atoms. The number of piperazine rings is 2. The highest BCUT2D eigenvalue weighted by Crippen LogP contribution is 2.44. The monoisotopic (exact) mass is 1730 g/mol. The van der Waals surface area contributed by atoms with Crippen molar-refractivity contribution in [3.63, 3.8) is 0 Å². The molecule has 6 aromatic carbocycles. The normalized spacial score (nSPS) is 19.7. The van der Waals surface area contributed by atoms with Crippen LogP contribution >= 0.6 is 46.4 Å². The molecule has 27 nitrogen and oxygen atoms in total. The third-order valence-corrected chi connectivity index (χ3v) is 27.4. The molecular weight excluding hydrogens is 1650 g/mol. The second kappa shape index (κ2) is 33.7. The van der Waals surface area contributed by atoms with Crippen molar-refractivity contribution in [1.82, 2.24) is 74.4 Å². The molecule has 20 rings (SSSR count). The third-order valence-electron chi connectivity index (χ3n) is 23.3. The molecule has 7 aromatic heterocycles. The van der Waals surface area contributed by atoms with Crippen molar-refractivity contribution in [3.8, 4) is 0 Å². The Bertz CT molecular complexity index is 6120. The van der Waals surface area contributed by atoms with E-state index in [0.717, 1.165) is 205 Å². The lowest BCUT2D eigenvalue weighted by molar-refractivity contribution is -0.137. The highest BCUT2D eigenvalue weighted by atomic mass is 35.5. The maximum atomic E-state index is 13.4. The number of anilines is 6. The van der Waals surface area contributed by atoms with Gasteiger partial charge >= 0.3 is 6.18 Å². The number of piperidine rings is 1. The molecule has 5 aliphatic heterocycles. The molecule has 3 saturated heterocycles. The Labute approximate surface area is 694 Å². The number of pyridine rings is 1. The maximum absolute atomic E-state index is 13.4. The Morgan fingerprint density at radius 2 is 0.846 bits per heavy atom. The highest BCUT2D eigenvalue weighted by Gasteiger charge is 2.45. The summed E-state index contributed by atoms with van der Waals surface area (Å²) in [6, 6.07) is 28.0. The van der Waals surface area contributed by atoms with Gasteiger partial charge in [-0.15, -0.1) is 0 Å². The SMILES string of the molecule is CS(=O)(=O)N1CCN(c2cc(C(F)(F)F)cc3[nH]ncc23)C2CCCCC21.CS(=O)(=O)N1CCN(c2cc(Cl)cc3[nH]ncc23)C2CCCCC21.CS(=O)(=O)Nc1ccc2c(c1)CCN(c1cc(Cl)cc3[nH]ncc13)C2.Clc1cc(N2CCC(n3cccn3)CC2)c2cn[nH]c2c1.Clc1cc(N2CCc3cnccc3C2)c2cn[nH]c2c1. The van der Waals surface area contributed by atoms with Crippen molar-refractivity contribution in [3.05, 3.63) is 195 Å². The number of fused-ring (bicyclic) bond motifs is 9. The number of hydrogen-bond donors (Lipinski definition) is 6. The van der Waals surface area contributed by atoms with E-state index in [4.69, 9.17) is 46.4 Å². The number of aromatic amines is 5. The van der Waals surface area contributed by atoms with Crippen LogP contribution in [0.2, 0.25) is 20.1 Å². The number of sulfonamides is 3. The van der Waals surface area contributed by atoms with Gasteiger partial charge < -0.3 is 24.5 Å². The van der Waals surface area contributed by atoms with Gasteiger partial charge in [0.05, 0.1) is 88.9 Å². The number of H-pyrrole nitrogens is 5. The van der Waals surface area contributed by atoms with Crippen LogP contribution in [0.25, 0.3) is 54.5 Å². The minimum Gasteiger partial charge on any atom is -0.371 e. The van der Waals surface area contributed by atoms with E-state index < -0.39 is 41.8 Å². The van der Waals surface area contributed by atoms with Crippen molar-refractivity contribution in [1.29, 1.82) is 0 Å². The molecule has 4 unspecified atom stereocenters. The fourth-order valence-corrected chi connectivity index (χ4v) is 21.7. The Morgan fingerprint density at radius 3 is 1.29 bits per heavy atom. The second-order valence-electron chi connectivity index (χ2n) is 30.9. The maximum Gasteiger partial charge on any atom is 0.416 e. The summed E-state index contributed by atoms with van der Waals surface area (Å²) in [6.07, 6.45) is 27.3. The molecule has 4 atom stereocenters. The molecule has 0 radical (unpaired) electrons. The lowest BCUT2D eigenvalue weighted by Gasteiger charge is -2.50. The van der Waals surface area contributed by atoms with Gasteiger partial charge in [-0.2, -0.15) is 52.4 Å². The number of halogens is 7. The summed E-state index contributed by atoms with van der Waals surface area (Å²) >= 11 is 25.0. The van der Waals surface area contributed by atoms with Crippen LogP contribution in [-0.2, 0) is 62.2 Å². The van der Waals surface area contributed by atoms with E-state index in [1.54, 1.807) is 10.4 Å². The largest absolute Gasteiger partial charge is 0.416 e. The van der Waals surface area contributed by atoms with E-state index in [2.05, 4.69) is 96.1 Å². The van der Waals surface area contributed by atoms with Gasteiger partial charge in [0, 0.05) is 196 Å². The van der Waals surface area contributed by atoms with Crippen LogP contribution < -0.4 is 29.2 Å². The Kier molecular flexibility index (Phi) is 23.4. The Balaban J connectivity index is 0.000000110. The van der Waals surface area contributed by atoms with Gasteiger partial charge in [0.1, 0.15) is 0 Å². The van der Waals surface area contributed by atoms with Crippen LogP contribution in [0.1, 0.15) is 98.1 Å². The predicted molar refractivity (Wildman–Crippen MR) is 457 cm³/mol. The third kappa shape index (κ3) is 18.0. The van der Waals surface area contributed by atoms with E-state index in [0.29, 0.717) is 58.0 Å². The number of alkyl halides is 3. The summed E-state index contributed by atoms with van der Waals surface area (Å²) < 4.78 is 119. The van der Waals surface area contributed by atoms with Crippen molar-refractivity contribution in [2.75, 3.05) is 100 Å². The minimum atomic E-state index is -4.46. The first kappa shape index (κ1) is 81.3. The molecule has 0 spiro atoms. The summed E-state index contributed by atoms with van der Waals surface area (Å²) in [5, 5.41) is 47.1. The number of aromatic nitrogens is 13. The molecule has 616 valence electrons. The summed E-state index contributed by atoms with van der Waals surface area (Å²) in [5.74, 6) is 0. The van der Waals surface area contributed by atoms with Gasteiger partial charge in [-0.3, -0.25) is 39.9 Å². The molecule has 2 saturated carbocycles. The summed E-state index contributed by atoms with van der Waals surface area (Å²) in [5.41, 5.74) is 13.9. The van der Waals surface area contributed by atoms with Gasteiger partial charge in [0.15, 0.2) is 0 Å². The zero-order valence-corrected chi connectivity index (χ0v) is 69.8. The number of hydrogen-bond acceptors (Lipinski definition) is 18.